The minimum absolute atomic E-state index is 0.0471. The van der Waals surface area contributed by atoms with E-state index in [0.717, 1.165) is 6.07 Å². The van der Waals surface area contributed by atoms with Crippen LogP contribution in [0.5, 0.6) is 0 Å². The molecule has 0 aromatic heterocycles. The van der Waals surface area contributed by atoms with E-state index < -0.39 is 34.9 Å². The highest BCUT2D eigenvalue weighted by Gasteiger charge is 2.33. The van der Waals surface area contributed by atoms with E-state index in [4.69, 9.17) is 16.7 Å². The van der Waals surface area contributed by atoms with Crippen molar-refractivity contribution in [1.82, 2.24) is 0 Å². The topological polar surface area (TPSA) is 54.4 Å². The van der Waals surface area contributed by atoms with Gasteiger partial charge < -0.3 is 5.11 Å². The first-order valence-corrected chi connectivity index (χ1v) is 4.71. The number of Topliss-reactive ketones (excluding diaryl/α,β-unsaturated/α-hetero) is 1. The highest BCUT2D eigenvalue weighted by Crippen LogP contribution is 2.35. The second-order valence-corrected chi connectivity index (χ2v) is 3.62. The Morgan fingerprint density at radius 1 is 1.29 bits per heavy atom. The number of alkyl halides is 3. The molecule has 1 aromatic rings. The Balaban J connectivity index is 3.05. The van der Waals surface area contributed by atoms with Gasteiger partial charge in [-0.2, -0.15) is 13.2 Å². The van der Waals surface area contributed by atoms with Crippen LogP contribution >= 0.6 is 11.6 Å². The maximum atomic E-state index is 12.4. The molecule has 0 fully saturated rings. The van der Waals surface area contributed by atoms with Crippen molar-refractivity contribution in [2.45, 2.75) is 12.6 Å². The van der Waals surface area contributed by atoms with Gasteiger partial charge >= 0.3 is 12.1 Å². The summed E-state index contributed by atoms with van der Waals surface area (Å²) in [4.78, 5) is 21.1. The molecule has 0 aliphatic heterocycles. The first-order valence-electron chi connectivity index (χ1n) is 4.33. The zero-order valence-electron chi connectivity index (χ0n) is 8.21. The molecular weight excluding hydrogens is 261 g/mol. The van der Waals surface area contributed by atoms with Gasteiger partial charge in [-0.25, -0.2) is 4.79 Å². The van der Waals surface area contributed by atoms with Gasteiger partial charge in [0, 0.05) is 6.42 Å². The van der Waals surface area contributed by atoms with Gasteiger partial charge in [-0.1, -0.05) is 17.7 Å². The van der Waals surface area contributed by atoms with Crippen LogP contribution in [0.15, 0.2) is 18.2 Å². The van der Waals surface area contributed by atoms with Crippen molar-refractivity contribution < 1.29 is 27.9 Å². The lowest BCUT2D eigenvalue weighted by Gasteiger charge is -2.10. The van der Waals surface area contributed by atoms with Crippen LogP contribution < -0.4 is 0 Å². The zero-order valence-corrected chi connectivity index (χ0v) is 8.97. The Morgan fingerprint density at radius 2 is 1.88 bits per heavy atom. The zero-order chi connectivity index (χ0) is 13.2. The van der Waals surface area contributed by atoms with Crippen molar-refractivity contribution in [3.8, 4) is 0 Å². The maximum Gasteiger partial charge on any atom is 0.417 e. The number of carboxylic acids is 1. The van der Waals surface area contributed by atoms with Gasteiger partial charge in [0.2, 0.25) is 5.78 Å². The average molecular weight is 267 g/mol. The highest BCUT2D eigenvalue weighted by atomic mass is 35.5. The summed E-state index contributed by atoms with van der Waals surface area (Å²) in [6, 6.07) is 2.83. The van der Waals surface area contributed by atoms with Crippen molar-refractivity contribution >= 4 is 23.4 Å². The van der Waals surface area contributed by atoms with E-state index in [0.29, 0.717) is 6.07 Å². The van der Waals surface area contributed by atoms with E-state index in [9.17, 15) is 22.8 Å². The van der Waals surface area contributed by atoms with Gasteiger partial charge in [0.05, 0.1) is 10.6 Å². The lowest BCUT2D eigenvalue weighted by molar-refractivity contribution is -0.148. The molecular formula is C10H6ClF3O3. The third kappa shape index (κ3) is 3.45. The Bertz CT molecular complexity index is 468. The van der Waals surface area contributed by atoms with E-state index in [-0.39, 0.29) is 5.56 Å². The first kappa shape index (κ1) is 13.5. The smallest absolute Gasteiger partial charge is 0.417 e. The van der Waals surface area contributed by atoms with Crippen LogP contribution in [0, 0.1) is 0 Å². The van der Waals surface area contributed by atoms with Crippen LogP contribution in [0.1, 0.15) is 11.1 Å². The number of carbonyl (C=O) groups excluding carboxylic acids is 1. The fourth-order valence-corrected chi connectivity index (χ4v) is 1.39. The first-order chi connectivity index (χ1) is 7.71. The molecule has 0 heterocycles. The predicted molar refractivity (Wildman–Crippen MR) is 52.8 cm³/mol. The van der Waals surface area contributed by atoms with Gasteiger partial charge in [0.15, 0.2) is 0 Å². The summed E-state index contributed by atoms with van der Waals surface area (Å²) in [6.45, 7) is 0. The van der Waals surface area contributed by atoms with Crippen LogP contribution in [-0.2, 0) is 22.2 Å². The van der Waals surface area contributed by atoms with Gasteiger partial charge in [0.1, 0.15) is 0 Å². The maximum absolute atomic E-state index is 12.4. The van der Waals surface area contributed by atoms with Gasteiger partial charge in [-0.3, -0.25) is 4.79 Å². The molecule has 0 unspecified atom stereocenters. The number of rotatable bonds is 3. The number of hydrogen-bond donors (Lipinski definition) is 1. The Kier molecular flexibility index (Phi) is 3.77. The summed E-state index contributed by atoms with van der Waals surface area (Å²) in [7, 11) is 0. The number of carbonyl (C=O) groups is 2. The minimum Gasteiger partial charge on any atom is -0.475 e. The summed E-state index contributed by atoms with van der Waals surface area (Å²) in [5, 5.41) is 7.83. The van der Waals surface area contributed by atoms with E-state index in [2.05, 4.69) is 0 Å². The molecule has 17 heavy (non-hydrogen) atoms. The van der Waals surface area contributed by atoms with E-state index in [1.165, 1.54) is 6.07 Å². The quantitative estimate of drug-likeness (QED) is 0.856. The third-order valence-electron chi connectivity index (χ3n) is 1.94. The normalized spacial score (nSPS) is 11.3. The number of ketones is 1. The molecule has 0 saturated heterocycles. The molecule has 0 bridgehead atoms. The largest absolute Gasteiger partial charge is 0.475 e. The summed E-state index contributed by atoms with van der Waals surface area (Å²) in [5.41, 5.74) is -1.14. The van der Waals surface area contributed by atoms with Crippen LogP contribution in [0.2, 0.25) is 5.02 Å². The van der Waals surface area contributed by atoms with Crippen molar-refractivity contribution in [3.63, 3.8) is 0 Å². The second kappa shape index (κ2) is 4.75. The highest BCUT2D eigenvalue weighted by molar-refractivity contribution is 6.33. The van der Waals surface area contributed by atoms with E-state index >= 15 is 0 Å². The Labute approximate surface area is 98.8 Å². The molecule has 0 aliphatic rings. The molecule has 0 saturated carbocycles. The number of aliphatic carboxylic acids is 1. The number of benzene rings is 1. The van der Waals surface area contributed by atoms with Crippen LogP contribution in [-0.4, -0.2) is 16.9 Å². The van der Waals surface area contributed by atoms with Crippen LogP contribution in [0.4, 0.5) is 13.2 Å². The third-order valence-corrected chi connectivity index (χ3v) is 2.27. The fourth-order valence-electron chi connectivity index (χ4n) is 1.16. The van der Waals surface area contributed by atoms with Gasteiger partial charge in [0.25, 0.3) is 0 Å². The van der Waals surface area contributed by atoms with Crippen molar-refractivity contribution in [1.29, 1.82) is 0 Å². The molecule has 0 spiro atoms. The molecule has 0 atom stereocenters. The van der Waals surface area contributed by atoms with Crippen LogP contribution in [0.3, 0.4) is 0 Å². The summed E-state index contributed by atoms with van der Waals surface area (Å²) >= 11 is 5.36. The minimum atomic E-state index is -4.64. The number of halogens is 4. The van der Waals surface area contributed by atoms with Crippen molar-refractivity contribution in [2.24, 2.45) is 0 Å². The lowest BCUT2D eigenvalue weighted by Crippen LogP contribution is -2.15. The van der Waals surface area contributed by atoms with Gasteiger partial charge in [-0.15, -0.1) is 0 Å². The lowest BCUT2D eigenvalue weighted by atomic mass is 10.1. The average Bonchev–Trinajstić information content (AvgIpc) is 2.19. The van der Waals surface area contributed by atoms with Crippen molar-refractivity contribution in [2.75, 3.05) is 0 Å². The number of hydrogen-bond acceptors (Lipinski definition) is 2. The Morgan fingerprint density at radius 3 is 2.35 bits per heavy atom. The monoisotopic (exact) mass is 266 g/mol. The van der Waals surface area contributed by atoms with Gasteiger partial charge in [-0.05, 0) is 17.7 Å². The fraction of sp³-hybridized carbons (Fsp3) is 0.200. The van der Waals surface area contributed by atoms with Crippen molar-refractivity contribution in [3.05, 3.63) is 34.3 Å². The molecule has 1 rings (SSSR count). The van der Waals surface area contributed by atoms with E-state index in [1.807, 2.05) is 0 Å². The number of carboxylic acid groups (broad SMARTS) is 1. The summed E-state index contributed by atoms with van der Waals surface area (Å²) in [5.74, 6) is -2.87. The predicted octanol–water partition coefficient (Wildman–Crippen LogP) is 2.56. The Hall–Kier alpha value is -1.56. The van der Waals surface area contributed by atoms with Crippen LogP contribution in [0.25, 0.3) is 0 Å². The molecule has 3 nitrogen and oxygen atoms in total. The van der Waals surface area contributed by atoms with E-state index in [1.54, 1.807) is 0 Å². The SMILES string of the molecule is O=C(O)C(=O)Cc1ccc(Cl)c(C(F)(F)F)c1. The molecule has 1 aromatic carbocycles. The molecule has 0 radical (unpaired) electrons. The second-order valence-electron chi connectivity index (χ2n) is 3.22. The molecule has 0 amide bonds. The molecule has 0 aliphatic carbocycles. The standard InChI is InChI=1S/C10H6ClF3O3/c11-7-2-1-5(4-8(15)9(16)17)3-6(7)10(12,13)14/h1-3H,4H2,(H,16,17). The molecule has 7 heteroatoms. The molecule has 1 N–H and O–H groups in total. The summed E-state index contributed by atoms with van der Waals surface area (Å²) in [6.07, 6.45) is -5.24. The molecule has 92 valence electrons. The summed E-state index contributed by atoms with van der Waals surface area (Å²) < 4.78 is 37.3.